The minimum absolute atomic E-state index is 0.0783. The van der Waals surface area contributed by atoms with Crippen molar-refractivity contribution in [3.63, 3.8) is 0 Å². The fourth-order valence-corrected chi connectivity index (χ4v) is 7.65. The first-order valence-corrected chi connectivity index (χ1v) is 16.3. The van der Waals surface area contributed by atoms with Crippen LogP contribution in [0.3, 0.4) is 0 Å². The van der Waals surface area contributed by atoms with E-state index in [0.29, 0.717) is 31.3 Å². The first kappa shape index (κ1) is 35.0. The maximum atomic E-state index is 13.0. The van der Waals surface area contributed by atoms with Gasteiger partial charge in [0.15, 0.2) is 0 Å². The number of allylic oxidation sites excluding steroid dienone is 2. The topological polar surface area (TPSA) is 108 Å². The van der Waals surface area contributed by atoms with Crippen molar-refractivity contribution in [2.24, 2.45) is 22.7 Å². The molecule has 3 rings (SSSR count). The van der Waals surface area contributed by atoms with Crippen molar-refractivity contribution >= 4 is 17.9 Å². The smallest absolute Gasteiger partial charge is 0.306 e. The van der Waals surface area contributed by atoms with Crippen LogP contribution in [0, 0.1) is 22.7 Å². The second kappa shape index (κ2) is 15.5. The molecule has 8 atom stereocenters. The van der Waals surface area contributed by atoms with Crippen LogP contribution in [0.15, 0.2) is 36.5 Å². The highest BCUT2D eigenvalue weighted by molar-refractivity contribution is 5.70. The number of hydrogen-bond acceptors (Lipinski definition) is 8. The summed E-state index contributed by atoms with van der Waals surface area (Å²) in [5.41, 5.74) is -0.141. The third-order valence-corrected chi connectivity index (χ3v) is 10.2. The molecule has 43 heavy (non-hydrogen) atoms. The number of aliphatic hydroxyl groups excluding tert-OH is 1. The Morgan fingerprint density at radius 3 is 2.23 bits per heavy atom. The van der Waals surface area contributed by atoms with E-state index < -0.39 is 42.1 Å². The Bertz CT molecular complexity index is 1050. The molecule has 1 aliphatic heterocycles. The summed E-state index contributed by atoms with van der Waals surface area (Å²) in [5, 5.41) is 11.8. The molecule has 0 aromatic carbocycles. The molecule has 1 heterocycles. The van der Waals surface area contributed by atoms with Gasteiger partial charge in [0, 0.05) is 25.8 Å². The summed E-state index contributed by atoms with van der Waals surface area (Å²) in [7, 11) is 0. The van der Waals surface area contributed by atoms with E-state index in [1.807, 2.05) is 0 Å². The number of unbranched alkanes of at least 4 members (excludes halogenated alkanes) is 7. The average molecular weight is 603 g/mol. The van der Waals surface area contributed by atoms with Crippen molar-refractivity contribution < 1.29 is 38.4 Å². The molecule has 1 saturated heterocycles. The monoisotopic (exact) mass is 602 g/mol. The van der Waals surface area contributed by atoms with Crippen LogP contribution in [0.2, 0.25) is 0 Å². The summed E-state index contributed by atoms with van der Waals surface area (Å²) < 4.78 is 23.5. The number of hydrogen-bond donors (Lipinski definition) is 1. The summed E-state index contributed by atoms with van der Waals surface area (Å²) >= 11 is 0. The number of ether oxygens (including phenoxy) is 4. The van der Waals surface area contributed by atoms with Crippen LogP contribution in [0.4, 0.5) is 0 Å². The first-order chi connectivity index (χ1) is 20.4. The minimum Gasteiger partial charge on any atom is -0.458 e. The van der Waals surface area contributed by atoms with Gasteiger partial charge in [-0.2, -0.15) is 0 Å². The number of esters is 3. The van der Waals surface area contributed by atoms with Gasteiger partial charge in [-0.3, -0.25) is 19.1 Å². The Morgan fingerprint density at radius 2 is 1.63 bits per heavy atom. The van der Waals surface area contributed by atoms with Gasteiger partial charge in [-0.15, -0.1) is 0 Å². The number of carbonyl (C=O) groups excluding carboxylic acids is 3. The lowest BCUT2D eigenvalue weighted by Gasteiger charge is -2.60. The summed E-state index contributed by atoms with van der Waals surface area (Å²) in [6.45, 7) is 17.0. The lowest BCUT2D eigenvalue weighted by atomic mass is 9.45. The van der Waals surface area contributed by atoms with Gasteiger partial charge in [-0.05, 0) is 55.4 Å². The Kier molecular flexibility index (Phi) is 12.6. The summed E-state index contributed by atoms with van der Waals surface area (Å²) in [4.78, 5) is 37.5. The van der Waals surface area contributed by atoms with Gasteiger partial charge >= 0.3 is 17.9 Å². The molecule has 0 unspecified atom stereocenters. The average Bonchev–Trinajstić information content (AvgIpc) is 3.23. The highest BCUT2D eigenvalue weighted by atomic mass is 16.8. The SMILES string of the molecule is C=CC(=C)CC[C@]1(C)[C@H](C)C[C@H](O)[C@@]23C(=C[C@H](OC(=O)CCCCCCCCCC)C[C@@H]12)[C@@H](OC(C)=O)O[C@H]3OC(C)=O. The number of rotatable bonds is 16. The van der Waals surface area contributed by atoms with E-state index in [2.05, 4.69) is 33.9 Å². The molecule has 0 amide bonds. The molecule has 242 valence electrons. The number of carbonyl (C=O) groups is 3. The predicted molar refractivity (Wildman–Crippen MR) is 164 cm³/mol. The van der Waals surface area contributed by atoms with Crippen molar-refractivity contribution in [1.29, 1.82) is 0 Å². The van der Waals surface area contributed by atoms with E-state index in [9.17, 15) is 19.5 Å². The van der Waals surface area contributed by atoms with Crippen molar-refractivity contribution in [2.75, 3.05) is 0 Å². The predicted octanol–water partition coefficient (Wildman–Crippen LogP) is 7.10. The van der Waals surface area contributed by atoms with Crippen molar-refractivity contribution in [1.82, 2.24) is 0 Å². The first-order valence-electron chi connectivity index (χ1n) is 16.3. The highest BCUT2D eigenvalue weighted by Crippen LogP contribution is 2.67. The third-order valence-electron chi connectivity index (χ3n) is 10.2. The van der Waals surface area contributed by atoms with Gasteiger partial charge in [0.25, 0.3) is 0 Å². The van der Waals surface area contributed by atoms with Gasteiger partial charge in [-0.25, -0.2) is 0 Å². The van der Waals surface area contributed by atoms with Crippen molar-refractivity contribution in [2.45, 2.75) is 143 Å². The van der Waals surface area contributed by atoms with E-state index >= 15 is 0 Å². The van der Waals surface area contributed by atoms with E-state index in [4.69, 9.17) is 18.9 Å². The van der Waals surface area contributed by atoms with Gasteiger partial charge in [0.1, 0.15) is 6.10 Å². The molecular formula is C35H54O8. The van der Waals surface area contributed by atoms with Crippen LogP contribution in [0.25, 0.3) is 0 Å². The minimum atomic E-state index is -1.17. The van der Waals surface area contributed by atoms with Gasteiger partial charge in [0.05, 0.1) is 11.5 Å². The normalized spacial score (nSPS) is 33.0. The maximum Gasteiger partial charge on any atom is 0.306 e. The Labute approximate surface area is 258 Å². The van der Waals surface area contributed by atoms with E-state index in [-0.39, 0.29) is 23.2 Å². The molecule has 1 spiro atoms. The summed E-state index contributed by atoms with van der Waals surface area (Å²) in [6, 6.07) is 0. The second-order valence-corrected chi connectivity index (χ2v) is 13.1. The standard InChI is InChI=1S/C35H54O8/c1-8-10-11-12-13-14-15-16-17-31(39)42-27-21-28-32(40-25(5)36)43-33(41-26(6)37)35(28)29(22-27)34(7,19-18-23(3)9-2)24(4)20-30(35)38/h9,21,24,27,29-30,32-33,38H,2-3,8,10-20,22H2,1,4-7H3/t24-,27+,29+,30+,32+,33-,34-,35-/m1/s1. The molecule has 8 heteroatoms. The highest BCUT2D eigenvalue weighted by Gasteiger charge is 2.71. The Morgan fingerprint density at radius 1 is 1.00 bits per heavy atom. The van der Waals surface area contributed by atoms with Gasteiger partial charge in [0.2, 0.25) is 12.6 Å². The van der Waals surface area contributed by atoms with Crippen LogP contribution in [-0.2, 0) is 33.3 Å². The summed E-state index contributed by atoms with van der Waals surface area (Å²) in [6.07, 6.45) is 11.3. The maximum absolute atomic E-state index is 13.0. The molecule has 2 aliphatic carbocycles. The molecule has 3 aliphatic rings. The van der Waals surface area contributed by atoms with E-state index in [0.717, 1.165) is 31.3 Å². The van der Waals surface area contributed by atoms with Crippen LogP contribution >= 0.6 is 0 Å². The van der Waals surface area contributed by atoms with Gasteiger partial charge < -0.3 is 19.3 Å². The van der Waals surface area contributed by atoms with Crippen LogP contribution in [0.5, 0.6) is 0 Å². The largest absolute Gasteiger partial charge is 0.458 e. The molecule has 0 aromatic rings. The second-order valence-electron chi connectivity index (χ2n) is 13.1. The van der Waals surface area contributed by atoms with E-state index in [1.165, 1.54) is 46.0 Å². The van der Waals surface area contributed by atoms with E-state index in [1.54, 1.807) is 12.2 Å². The number of aliphatic hydroxyl groups is 1. The molecule has 0 radical (unpaired) electrons. The zero-order valence-electron chi connectivity index (χ0n) is 27.0. The Balaban J connectivity index is 1.91. The Hall–Kier alpha value is -2.45. The molecule has 0 bridgehead atoms. The zero-order chi connectivity index (χ0) is 31.8. The zero-order valence-corrected chi connectivity index (χ0v) is 27.0. The van der Waals surface area contributed by atoms with Crippen LogP contribution < -0.4 is 0 Å². The lowest BCUT2D eigenvalue weighted by Crippen LogP contribution is -2.63. The molecule has 8 nitrogen and oxygen atoms in total. The third kappa shape index (κ3) is 7.99. The fourth-order valence-electron chi connectivity index (χ4n) is 7.65. The van der Waals surface area contributed by atoms with Crippen LogP contribution in [-0.4, -0.2) is 47.8 Å². The molecular weight excluding hydrogens is 548 g/mol. The lowest BCUT2D eigenvalue weighted by molar-refractivity contribution is -0.254. The van der Waals surface area contributed by atoms with Crippen LogP contribution in [0.1, 0.15) is 118 Å². The van der Waals surface area contributed by atoms with Gasteiger partial charge in [-0.1, -0.05) is 90.5 Å². The molecule has 0 aromatic heterocycles. The summed E-state index contributed by atoms with van der Waals surface area (Å²) in [5.74, 6) is -1.64. The molecule has 1 N–H and O–H groups in total. The molecule has 1 saturated carbocycles. The van der Waals surface area contributed by atoms with Crippen molar-refractivity contribution in [3.05, 3.63) is 36.5 Å². The molecule has 2 fully saturated rings. The van der Waals surface area contributed by atoms with Crippen molar-refractivity contribution in [3.8, 4) is 0 Å². The fraction of sp³-hybridized carbons (Fsp3) is 0.743. The quantitative estimate of drug-likeness (QED) is 0.0655.